The fraction of sp³-hybridized carbons (Fsp3) is 0.333. The standard InChI is InChI=1S/C12H6N2O2S3/c15-7-3-4-8(16)6-12(18-2-14-6)10(4)19-9(3)11-5(7)13-1-17-11/h1-4,9-10H. The van der Waals surface area contributed by atoms with Crippen LogP contribution in [-0.2, 0) is 0 Å². The molecule has 4 atom stereocenters. The summed E-state index contributed by atoms with van der Waals surface area (Å²) in [6, 6.07) is 0. The van der Waals surface area contributed by atoms with Crippen molar-refractivity contribution in [1.82, 2.24) is 9.97 Å². The molecule has 0 saturated carbocycles. The lowest BCUT2D eigenvalue weighted by Crippen LogP contribution is -2.24. The predicted molar refractivity (Wildman–Crippen MR) is 72.9 cm³/mol. The van der Waals surface area contributed by atoms with Gasteiger partial charge in [-0.05, 0) is 0 Å². The number of rotatable bonds is 0. The molecule has 4 unspecified atom stereocenters. The van der Waals surface area contributed by atoms with Gasteiger partial charge in [-0.1, -0.05) is 0 Å². The fourth-order valence-electron chi connectivity index (χ4n) is 3.35. The van der Waals surface area contributed by atoms with Gasteiger partial charge >= 0.3 is 0 Å². The highest BCUT2D eigenvalue weighted by Crippen LogP contribution is 2.67. The SMILES string of the molecule is O=C1c2ncsc2C2SC3c4scnc4C(=O)C3C12. The summed E-state index contributed by atoms with van der Waals surface area (Å²) in [5.74, 6) is -0.299. The Kier molecular flexibility index (Phi) is 1.88. The highest BCUT2D eigenvalue weighted by atomic mass is 32.2. The molecule has 5 rings (SSSR count). The van der Waals surface area contributed by atoms with Crippen LogP contribution in [0, 0.1) is 11.8 Å². The molecular weight excluding hydrogens is 300 g/mol. The van der Waals surface area contributed by atoms with Gasteiger partial charge in [-0.25, -0.2) is 9.97 Å². The summed E-state index contributed by atoms with van der Waals surface area (Å²) in [5.41, 5.74) is 4.66. The Morgan fingerprint density at radius 1 is 0.842 bits per heavy atom. The molecule has 0 radical (unpaired) electrons. The van der Waals surface area contributed by atoms with E-state index >= 15 is 0 Å². The minimum atomic E-state index is -0.209. The van der Waals surface area contributed by atoms with Crippen molar-refractivity contribution >= 4 is 46.0 Å². The molecule has 1 aliphatic heterocycles. The number of nitrogens with zero attached hydrogens (tertiary/aromatic N) is 2. The number of Topliss-reactive ketones (excluding diaryl/α,β-unsaturated/α-hetero) is 2. The maximum atomic E-state index is 12.5. The van der Waals surface area contributed by atoms with E-state index in [0.29, 0.717) is 11.4 Å². The molecule has 3 heterocycles. The van der Waals surface area contributed by atoms with Crippen molar-refractivity contribution in [2.24, 2.45) is 11.8 Å². The summed E-state index contributed by atoms with van der Waals surface area (Å²) in [5, 5.41) is 0.258. The van der Waals surface area contributed by atoms with Gasteiger partial charge < -0.3 is 0 Å². The first kappa shape index (κ1) is 10.7. The van der Waals surface area contributed by atoms with Crippen molar-refractivity contribution in [3.63, 3.8) is 0 Å². The third-order valence-electron chi connectivity index (χ3n) is 4.11. The van der Waals surface area contributed by atoms with Gasteiger partial charge in [-0.15, -0.1) is 34.4 Å². The van der Waals surface area contributed by atoms with E-state index in [1.54, 1.807) is 22.8 Å². The third-order valence-corrected chi connectivity index (χ3v) is 7.88. The minimum absolute atomic E-state index is 0.0600. The zero-order valence-electron chi connectivity index (χ0n) is 9.40. The van der Waals surface area contributed by atoms with Gasteiger partial charge in [0.2, 0.25) is 0 Å². The van der Waals surface area contributed by atoms with Crippen LogP contribution in [0.2, 0.25) is 0 Å². The second-order valence-electron chi connectivity index (χ2n) is 4.89. The number of carbonyl (C=O) groups is 2. The van der Waals surface area contributed by atoms with E-state index in [1.807, 2.05) is 0 Å². The topological polar surface area (TPSA) is 59.9 Å². The number of hydrogen-bond acceptors (Lipinski definition) is 7. The summed E-state index contributed by atoms with van der Waals surface area (Å²) < 4.78 is 0. The van der Waals surface area contributed by atoms with Gasteiger partial charge in [0.1, 0.15) is 11.4 Å². The summed E-state index contributed by atoms with van der Waals surface area (Å²) in [4.78, 5) is 35.4. The summed E-state index contributed by atoms with van der Waals surface area (Å²) in [6.45, 7) is 0. The van der Waals surface area contributed by atoms with Crippen molar-refractivity contribution in [2.45, 2.75) is 10.5 Å². The van der Waals surface area contributed by atoms with Crippen molar-refractivity contribution in [2.75, 3.05) is 0 Å². The molecule has 3 aliphatic rings. The molecule has 19 heavy (non-hydrogen) atoms. The second kappa shape index (κ2) is 3.34. The number of thioether (sulfide) groups is 1. The van der Waals surface area contributed by atoms with Crippen LogP contribution in [0.15, 0.2) is 11.0 Å². The molecule has 94 valence electrons. The maximum Gasteiger partial charge on any atom is 0.187 e. The number of aromatic nitrogens is 2. The Balaban J connectivity index is 1.69. The van der Waals surface area contributed by atoms with E-state index in [-0.39, 0.29) is 33.9 Å². The van der Waals surface area contributed by atoms with E-state index in [0.717, 1.165) is 9.75 Å². The lowest BCUT2D eigenvalue weighted by Gasteiger charge is -2.12. The van der Waals surface area contributed by atoms with Crippen LogP contribution in [-0.4, -0.2) is 21.5 Å². The molecule has 0 amide bonds. The monoisotopic (exact) mass is 306 g/mol. The lowest BCUT2D eigenvalue weighted by atomic mass is 9.87. The first-order valence-electron chi connectivity index (χ1n) is 5.88. The smallest absolute Gasteiger partial charge is 0.187 e. The number of carbonyl (C=O) groups excluding carboxylic acids is 2. The molecule has 0 spiro atoms. The quantitative estimate of drug-likeness (QED) is 0.749. The average molecular weight is 306 g/mol. The maximum absolute atomic E-state index is 12.5. The van der Waals surface area contributed by atoms with Crippen LogP contribution in [0.4, 0.5) is 0 Å². The molecule has 4 nitrogen and oxygen atoms in total. The van der Waals surface area contributed by atoms with Crippen molar-refractivity contribution in [3.05, 3.63) is 32.2 Å². The van der Waals surface area contributed by atoms with Gasteiger partial charge in [0.15, 0.2) is 11.6 Å². The Morgan fingerprint density at radius 3 is 1.79 bits per heavy atom. The minimum Gasteiger partial charge on any atom is -0.292 e. The molecule has 1 saturated heterocycles. The molecule has 7 heteroatoms. The lowest BCUT2D eigenvalue weighted by molar-refractivity contribution is 0.0799. The zero-order chi connectivity index (χ0) is 12.7. The van der Waals surface area contributed by atoms with Gasteiger partial charge in [-0.2, -0.15) is 0 Å². The van der Waals surface area contributed by atoms with Crippen LogP contribution in [0.3, 0.4) is 0 Å². The average Bonchev–Trinajstić information content (AvgIpc) is 3.12. The van der Waals surface area contributed by atoms with Crippen molar-refractivity contribution in [1.29, 1.82) is 0 Å². The molecule has 2 aliphatic carbocycles. The number of hydrogen-bond donors (Lipinski definition) is 0. The first-order chi connectivity index (χ1) is 9.27. The molecule has 2 aromatic rings. The Bertz CT molecular complexity index is 687. The van der Waals surface area contributed by atoms with Crippen molar-refractivity contribution in [3.8, 4) is 0 Å². The van der Waals surface area contributed by atoms with E-state index < -0.39 is 0 Å². The molecule has 2 aromatic heterocycles. The second-order valence-corrected chi connectivity index (χ2v) is 7.95. The number of fused-ring (bicyclic) bond motifs is 7. The molecule has 0 N–H and O–H groups in total. The van der Waals surface area contributed by atoms with Crippen LogP contribution in [0.1, 0.15) is 41.2 Å². The molecule has 1 fully saturated rings. The largest absolute Gasteiger partial charge is 0.292 e. The van der Waals surface area contributed by atoms with Gasteiger partial charge in [-0.3, -0.25) is 9.59 Å². The number of thiazole rings is 2. The predicted octanol–water partition coefficient (Wildman–Crippen LogP) is 2.75. The molecule has 0 aromatic carbocycles. The summed E-state index contributed by atoms with van der Waals surface area (Å²) in [6.07, 6.45) is 0. The summed E-state index contributed by atoms with van der Waals surface area (Å²) in [7, 11) is 0. The van der Waals surface area contributed by atoms with Crippen LogP contribution >= 0.6 is 34.4 Å². The third kappa shape index (κ3) is 1.09. The highest BCUT2D eigenvalue weighted by molar-refractivity contribution is 8.00. The van der Waals surface area contributed by atoms with Crippen LogP contribution in [0.5, 0.6) is 0 Å². The molecule has 0 bridgehead atoms. The van der Waals surface area contributed by atoms with Crippen molar-refractivity contribution < 1.29 is 9.59 Å². The van der Waals surface area contributed by atoms with E-state index in [9.17, 15) is 9.59 Å². The van der Waals surface area contributed by atoms with E-state index in [1.165, 1.54) is 22.7 Å². The van der Waals surface area contributed by atoms with Gasteiger partial charge in [0.25, 0.3) is 0 Å². The van der Waals surface area contributed by atoms with E-state index in [2.05, 4.69) is 9.97 Å². The van der Waals surface area contributed by atoms with Gasteiger partial charge in [0, 0.05) is 9.75 Å². The Morgan fingerprint density at radius 2 is 1.32 bits per heavy atom. The zero-order valence-corrected chi connectivity index (χ0v) is 11.8. The summed E-state index contributed by atoms with van der Waals surface area (Å²) >= 11 is 4.83. The molecular formula is C12H6N2O2S3. The van der Waals surface area contributed by atoms with Crippen LogP contribution in [0.25, 0.3) is 0 Å². The Labute approximate surface area is 120 Å². The highest BCUT2D eigenvalue weighted by Gasteiger charge is 2.61. The first-order valence-corrected chi connectivity index (χ1v) is 8.58. The van der Waals surface area contributed by atoms with Gasteiger partial charge in [0.05, 0.1) is 33.4 Å². The fourth-order valence-corrected chi connectivity index (χ4v) is 7.37. The van der Waals surface area contributed by atoms with E-state index in [4.69, 9.17) is 0 Å². The Hall–Kier alpha value is -1.05. The van der Waals surface area contributed by atoms with Crippen LogP contribution < -0.4 is 0 Å². The normalized spacial score (nSPS) is 34.3. The number of ketones is 2.